The number of esters is 1. The van der Waals surface area contributed by atoms with E-state index in [0.29, 0.717) is 5.92 Å². The van der Waals surface area contributed by atoms with Crippen molar-refractivity contribution in [3.8, 4) is 0 Å². The van der Waals surface area contributed by atoms with E-state index in [2.05, 4.69) is 27.4 Å². The van der Waals surface area contributed by atoms with Crippen LogP contribution in [0.3, 0.4) is 0 Å². The Balaban J connectivity index is 1.56. The summed E-state index contributed by atoms with van der Waals surface area (Å²) in [5, 5.41) is 31.2. The molecule has 0 spiro atoms. The Bertz CT molecular complexity index is 977. The van der Waals surface area contributed by atoms with Crippen LogP contribution in [0, 0.1) is 17.3 Å². The van der Waals surface area contributed by atoms with Gasteiger partial charge in [0.15, 0.2) is 12.4 Å². The Morgan fingerprint density at radius 3 is 2.57 bits per heavy atom. The van der Waals surface area contributed by atoms with E-state index in [1.54, 1.807) is 6.08 Å². The van der Waals surface area contributed by atoms with Gasteiger partial charge in [-0.1, -0.05) is 55.8 Å². The maximum Gasteiger partial charge on any atom is 0.331 e. The van der Waals surface area contributed by atoms with Crippen LogP contribution in [0.25, 0.3) is 6.08 Å². The first-order valence-electron chi connectivity index (χ1n) is 13.5. The Morgan fingerprint density at radius 2 is 1.89 bits per heavy atom. The highest BCUT2D eigenvalue weighted by Gasteiger charge is 2.56. The summed E-state index contributed by atoms with van der Waals surface area (Å²) < 4.78 is 18.2. The van der Waals surface area contributed by atoms with Gasteiger partial charge in [-0.05, 0) is 74.8 Å². The van der Waals surface area contributed by atoms with Gasteiger partial charge < -0.3 is 29.5 Å². The zero-order chi connectivity index (χ0) is 26.8. The van der Waals surface area contributed by atoms with Gasteiger partial charge in [-0.15, -0.1) is 0 Å². The Morgan fingerprint density at radius 1 is 1.16 bits per heavy atom. The molecule has 0 aromatic heterocycles. The molecule has 3 N–H and O–H groups in total. The molecule has 7 heteroatoms. The van der Waals surface area contributed by atoms with Gasteiger partial charge in [0.1, 0.15) is 18.3 Å². The number of carbonyl (C=O) groups excluding carboxylic acids is 1. The number of fused-ring (bicyclic) bond motifs is 1. The predicted molar refractivity (Wildman–Crippen MR) is 140 cm³/mol. The molecule has 9 atom stereocenters. The van der Waals surface area contributed by atoms with E-state index < -0.39 is 48.9 Å². The fraction of sp³-hybridized carbons (Fsp3) is 0.633. The van der Waals surface area contributed by atoms with Gasteiger partial charge in [-0.3, -0.25) is 0 Å². The standard InChI is InChI=1S/C30H42O7/c1-19(2)21-13-16-29(3)14-8-15-30(4,23(29)17-21)37-28-27(26(34)25(33)22(18-31)35-28)36-24(32)12-11-20-9-6-5-7-10-20/h5-7,9-12,21-23,25-28,31,33-34H,1,8,13-18H2,2-4H3/t21-,22-,23-,25-,26+,27-,28+,29-,30-/m1/s1. The van der Waals surface area contributed by atoms with Crippen LogP contribution in [0.4, 0.5) is 0 Å². The zero-order valence-electron chi connectivity index (χ0n) is 22.2. The summed E-state index contributed by atoms with van der Waals surface area (Å²) in [7, 11) is 0. The lowest BCUT2D eigenvalue weighted by molar-refractivity contribution is -0.341. The van der Waals surface area contributed by atoms with Crippen molar-refractivity contribution in [2.45, 2.75) is 95.6 Å². The van der Waals surface area contributed by atoms with E-state index in [0.717, 1.165) is 44.1 Å². The van der Waals surface area contributed by atoms with Gasteiger partial charge in [0.25, 0.3) is 0 Å². The Hall–Kier alpha value is -2.03. The minimum absolute atomic E-state index is 0.104. The minimum Gasteiger partial charge on any atom is -0.451 e. The van der Waals surface area contributed by atoms with Gasteiger partial charge in [0.2, 0.25) is 0 Å². The molecule has 1 aromatic rings. The number of ether oxygens (including phenoxy) is 3. The highest BCUT2D eigenvalue weighted by molar-refractivity contribution is 5.87. The summed E-state index contributed by atoms with van der Waals surface area (Å²) in [4.78, 5) is 12.7. The second-order valence-corrected chi connectivity index (χ2v) is 11.7. The van der Waals surface area contributed by atoms with E-state index in [1.807, 2.05) is 30.3 Å². The van der Waals surface area contributed by atoms with Crippen LogP contribution in [0.2, 0.25) is 0 Å². The van der Waals surface area contributed by atoms with Crippen molar-refractivity contribution in [1.82, 2.24) is 0 Å². The molecule has 3 aliphatic rings. The van der Waals surface area contributed by atoms with Gasteiger partial charge in [-0.25, -0.2) is 4.79 Å². The summed E-state index contributed by atoms with van der Waals surface area (Å²) in [6.07, 6.45) is 2.62. The van der Waals surface area contributed by atoms with Crippen LogP contribution in [-0.4, -0.2) is 64.2 Å². The third kappa shape index (κ3) is 6.02. The van der Waals surface area contributed by atoms with E-state index in [9.17, 15) is 20.1 Å². The molecule has 0 amide bonds. The molecule has 1 heterocycles. The molecule has 7 nitrogen and oxygen atoms in total. The van der Waals surface area contributed by atoms with Crippen LogP contribution in [0.5, 0.6) is 0 Å². The van der Waals surface area contributed by atoms with Crippen molar-refractivity contribution in [1.29, 1.82) is 0 Å². The molecule has 0 bridgehead atoms. The van der Waals surface area contributed by atoms with Crippen LogP contribution < -0.4 is 0 Å². The van der Waals surface area contributed by atoms with Gasteiger partial charge in [0.05, 0.1) is 12.2 Å². The van der Waals surface area contributed by atoms with Crippen molar-refractivity contribution < 1.29 is 34.3 Å². The number of hydrogen-bond donors (Lipinski definition) is 3. The highest BCUT2D eigenvalue weighted by atomic mass is 16.7. The number of carbonyl (C=O) groups is 1. The average Bonchev–Trinajstić information content (AvgIpc) is 2.87. The number of benzene rings is 1. The Kier molecular flexibility index (Phi) is 8.61. The quantitative estimate of drug-likeness (QED) is 0.287. The lowest BCUT2D eigenvalue weighted by Crippen LogP contribution is -2.63. The van der Waals surface area contributed by atoms with Gasteiger partial charge in [0, 0.05) is 6.08 Å². The second-order valence-electron chi connectivity index (χ2n) is 11.7. The molecule has 2 aliphatic carbocycles. The minimum atomic E-state index is -1.47. The molecule has 204 valence electrons. The molecule has 1 saturated heterocycles. The SMILES string of the molecule is C=C(C)[C@@H]1CC[C@@]2(C)CCC[C@@](C)(O[C@@H]3O[C@H](CO)[C@@H](O)[C@H](O)[C@H]3OC(=O)C=Cc3ccccc3)[C@@H]2C1. The number of rotatable bonds is 7. The molecule has 0 radical (unpaired) electrons. The lowest BCUT2D eigenvalue weighted by atomic mass is 9.53. The van der Waals surface area contributed by atoms with E-state index in [-0.39, 0.29) is 11.3 Å². The normalized spacial score (nSPS) is 40.2. The molecule has 0 unspecified atom stereocenters. The van der Waals surface area contributed by atoms with E-state index in [4.69, 9.17) is 14.2 Å². The maximum absolute atomic E-state index is 12.7. The number of allylic oxidation sites excluding steroid dienone is 1. The van der Waals surface area contributed by atoms with Crippen molar-refractivity contribution in [2.75, 3.05) is 6.61 Å². The second kappa shape index (κ2) is 11.4. The molecule has 37 heavy (non-hydrogen) atoms. The van der Waals surface area contributed by atoms with Crippen LogP contribution in [0.1, 0.15) is 64.9 Å². The average molecular weight is 515 g/mol. The highest BCUT2D eigenvalue weighted by Crippen LogP contribution is 2.57. The molecule has 4 rings (SSSR count). The fourth-order valence-corrected chi connectivity index (χ4v) is 6.70. The molecule has 3 fully saturated rings. The van der Waals surface area contributed by atoms with E-state index >= 15 is 0 Å². The van der Waals surface area contributed by atoms with Crippen molar-refractivity contribution in [3.05, 3.63) is 54.1 Å². The maximum atomic E-state index is 12.7. The number of hydrogen-bond acceptors (Lipinski definition) is 7. The first-order chi connectivity index (χ1) is 17.6. The number of aliphatic hydroxyl groups excluding tert-OH is 3. The smallest absolute Gasteiger partial charge is 0.331 e. The predicted octanol–water partition coefficient (Wildman–Crippen LogP) is 4.01. The summed E-state index contributed by atoms with van der Waals surface area (Å²) in [6, 6.07) is 9.32. The third-order valence-electron chi connectivity index (χ3n) is 8.95. The topological polar surface area (TPSA) is 105 Å². The van der Waals surface area contributed by atoms with Crippen molar-refractivity contribution in [3.63, 3.8) is 0 Å². The Labute approximate surface area is 220 Å². The molecule has 1 aromatic carbocycles. The van der Waals surface area contributed by atoms with Crippen molar-refractivity contribution in [2.24, 2.45) is 17.3 Å². The molecular formula is C30H42O7. The first-order valence-corrected chi connectivity index (χ1v) is 13.5. The lowest BCUT2D eigenvalue weighted by Gasteiger charge is -2.57. The third-order valence-corrected chi connectivity index (χ3v) is 8.95. The van der Waals surface area contributed by atoms with Gasteiger partial charge >= 0.3 is 5.97 Å². The molecule has 2 saturated carbocycles. The summed E-state index contributed by atoms with van der Waals surface area (Å²) in [6.45, 7) is 10.2. The van der Waals surface area contributed by atoms with E-state index in [1.165, 1.54) is 11.6 Å². The number of aliphatic hydroxyl groups is 3. The summed E-state index contributed by atoms with van der Waals surface area (Å²) in [5.74, 6) is -0.0437. The van der Waals surface area contributed by atoms with Crippen LogP contribution >= 0.6 is 0 Å². The first kappa shape index (κ1) is 28.0. The summed E-state index contributed by atoms with van der Waals surface area (Å²) in [5.41, 5.74) is 1.51. The van der Waals surface area contributed by atoms with Crippen LogP contribution in [0.15, 0.2) is 48.6 Å². The van der Waals surface area contributed by atoms with Crippen LogP contribution in [-0.2, 0) is 19.0 Å². The molecular weight excluding hydrogens is 472 g/mol. The van der Waals surface area contributed by atoms with Crippen molar-refractivity contribution >= 4 is 12.0 Å². The monoisotopic (exact) mass is 514 g/mol. The van der Waals surface area contributed by atoms with Gasteiger partial charge in [-0.2, -0.15) is 0 Å². The molecule has 1 aliphatic heterocycles. The summed E-state index contributed by atoms with van der Waals surface area (Å²) >= 11 is 0. The largest absolute Gasteiger partial charge is 0.451 e. The zero-order valence-corrected chi connectivity index (χ0v) is 22.2. The fourth-order valence-electron chi connectivity index (χ4n) is 6.70.